The van der Waals surface area contributed by atoms with Crippen molar-refractivity contribution in [3.63, 3.8) is 0 Å². The summed E-state index contributed by atoms with van der Waals surface area (Å²) in [5.74, 6) is -0.659. The molecule has 0 amide bonds. The molecule has 1 aromatic heterocycles. The molecule has 0 aromatic carbocycles. The van der Waals surface area contributed by atoms with Crippen molar-refractivity contribution >= 4 is 21.9 Å². The van der Waals surface area contributed by atoms with Gasteiger partial charge in [-0.3, -0.25) is 9.59 Å². The maximum Gasteiger partial charge on any atom is 0.310 e. The number of rotatable bonds is 3. The summed E-state index contributed by atoms with van der Waals surface area (Å²) in [5.41, 5.74) is -1.01. The molecule has 0 unspecified atom stereocenters. The smallest absolute Gasteiger partial charge is 0.310 e. The number of pyridine rings is 1. The van der Waals surface area contributed by atoms with Crippen molar-refractivity contribution in [1.82, 2.24) is 4.98 Å². The number of carbonyl (C=O) groups excluding carboxylic acids is 1. The highest BCUT2D eigenvalue weighted by molar-refractivity contribution is 9.10. The average Bonchev–Trinajstić information content (AvgIpc) is 2.21. The fourth-order valence-corrected chi connectivity index (χ4v) is 1.55. The molecule has 0 fully saturated rings. The molecule has 16 heavy (non-hydrogen) atoms. The number of esters is 1. The zero-order valence-corrected chi connectivity index (χ0v) is 9.81. The number of ether oxygens (including phenoxy) is 1. The van der Waals surface area contributed by atoms with Crippen LogP contribution in [0.4, 0.5) is 8.78 Å². The number of hydrogen-bond donors (Lipinski definition) is 1. The lowest BCUT2D eigenvalue weighted by Crippen LogP contribution is -2.18. The first kappa shape index (κ1) is 12.8. The SMILES string of the molecule is COC(=O)Cc1cc(C(F)F)c(Br)[nH]c1=O. The first-order valence-corrected chi connectivity index (χ1v) is 5.01. The quantitative estimate of drug-likeness (QED) is 0.683. The molecule has 4 nitrogen and oxygen atoms in total. The molecule has 0 aliphatic heterocycles. The number of aromatic nitrogens is 1. The summed E-state index contributed by atoms with van der Waals surface area (Å²) >= 11 is 2.81. The van der Waals surface area contributed by atoms with Crippen molar-refractivity contribution in [2.75, 3.05) is 7.11 Å². The lowest BCUT2D eigenvalue weighted by Gasteiger charge is -2.05. The van der Waals surface area contributed by atoms with Crippen LogP contribution in [-0.2, 0) is 16.0 Å². The molecule has 0 radical (unpaired) electrons. The summed E-state index contributed by atoms with van der Waals surface area (Å²) in [6.07, 6.45) is -3.07. The second kappa shape index (κ2) is 5.20. The fourth-order valence-electron chi connectivity index (χ4n) is 1.09. The van der Waals surface area contributed by atoms with E-state index in [-0.39, 0.29) is 22.2 Å². The second-order valence-electron chi connectivity index (χ2n) is 2.95. The number of alkyl halides is 2. The van der Waals surface area contributed by atoms with Crippen LogP contribution in [0.3, 0.4) is 0 Å². The van der Waals surface area contributed by atoms with Crippen molar-refractivity contribution in [3.05, 3.63) is 32.2 Å². The molecule has 0 saturated heterocycles. The average molecular weight is 296 g/mol. The Morgan fingerprint density at radius 3 is 2.75 bits per heavy atom. The van der Waals surface area contributed by atoms with Crippen LogP contribution in [-0.4, -0.2) is 18.1 Å². The van der Waals surface area contributed by atoms with Crippen LogP contribution in [0.5, 0.6) is 0 Å². The van der Waals surface area contributed by atoms with E-state index < -0.39 is 18.0 Å². The Bertz CT molecular complexity index is 459. The van der Waals surface area contributed by atoms with Gasteiger partial charge in [0.2, 0.25) is 0 Å². The van der Waals surface area contributed by atoms with Gasteiger partial charge in [0, 0.05) is 11.1 Å². The zero-order chi connectivity index (χ0) is 12.3. The molecule has 1 rings (SSSR count). The third-order valence-electron chi connectivity index (χ3n) is 1.90. The summed E-state index contributed by atoms with van der Waals surface area (Å²) in [6, 6.07) is 0.991. The number of H-pyrrole nitrogens is 1. The molecular weight excluding hydrogens is 288 g/mol. The van der Waals surface area contributed by atoms with E-state index in [0.29, 0.717) is 0 Å². The minimum absolute atomic E-state index is 0.0506. The summed E-state index contributed by atoms with van der Waals surface area (Å²) in [7, 11) is 1.16. The van der Waals surface area contributed by atoms with Crippen LogP contribution in [0.25, 0.3) is 0 Å². The third kappa shape index (κ3) is 2.88. The Labute approximate surface area is 97.7 Å². The van der Waals surface area contributed by atoms with Gasteiger partial charge >= 0.3 is 5.97 Å². The van der Waals surface area contributed by atoms with Crippen molar-refractivity contribution in [1.29, 1.82) is 0 Å². The van der Waals surface area contributed by atoms with Crippen LogP contribution in [0.15, 0.2) is 15.5 Å². The van der Waals surface area contributed by atoms with Crippen molar-refractivity contribution < 1.29 is 18.3 Å². The van der Waals surface area contributed by atoms with Crippen LogP contribution < -0.4 is 5.56 Å². The Morgan fingerprint density at radius 1 is 1.62 bits per heavy atom. The maximum atomic E-state index is 12.5. The van der Waals surface area contributed by atoms with E-state index in [4.69, 9.17) is 0 Å². The highest BCUT2D eigenvalue weighted by atomic mass is 79.9. The lowest BCUT2D eigenvalue weighted by atomic mass is 10.1. The molecule has 0 saturated carbocycles. The molecule has 7 heteroatoms. The minimum Gasteiger partial charge on any atom is -0.469 e. The third-order valence-corrected chi connectivity index (χ3v) is 2.55. The van der Waals surface area contributed by atoms with Gasteiger partial charge in [0.05, 0.1) is 18.1 Å². The first-order chi connectivity index (χ1) is 7.45. The Hall–Kier alpha value is -1.24. The van der Waals surface area contributed by atoms with E-state index in [2.05, 4.69) is 25.7 Å². The molecule has 1 heterocycles. The summed E-state index contributed by atoms with van der Waals surface area (Å²) in [4.78, 5) is 24.4. The molecule has 88 valence electrons. The van der Waals surface area contributed by atoms with E-state index in [1.165, 1.54) is 0 Å². The number of methoxy groups -OCH3 is 1. The van der Waals surface area contributed by atoms with Gasteiger partial charge < -0.3 is 9.72 Å². The fraction of sp³-hybridized carbons (Fsp3) is 0.333. The maximum absolute atomic E-state index is 12.5. The molecule has 0 spiro atoms. The van der Waals surface area contributed by atoms with Gasteiger partial charge in [0.25, 0.3) is 12.0 Å². The van der Waals surface area contributed by atoms with E-state index in [1.54, 1.807) is 0 Å². The Kier molecular flexibility index (Phi) is 4.17. The number of carbonyl (C=O) groups is 1. The van der Waals surface area contributed by atoms with Crippen LogP contribution in [0.2, 0.25) is 0 Å². The van der Waals surface area contributed by atoms with E-state index in [1.807, 2.05) is 0 Å². The molecule has 0 bridgehead atoms. The van der Waals surface area contributed by atoms with Gasteiger partial charge in [-0.1, -0.05) is 0 Å². The second-order valence-corrected chi connectivity index (χ2v) is 3.74. The zero-order valence-electron chi connectivity index (χ0n) is 8.22. The van der Waals surface area contributed by atoms with E-state index >= 15 is 0 Å². The summed E-state index contributed by atoms with van der Waals surface area (Å²) in [5, 5.41) is 0. The highest BCUT2D eigenvalue weighted by Gasteiger charge is 2.16. The minimum atomic E-state index is -2.73. The first-order valence-electron chi connectivity index (χ1n) is 4.22. The van der Waals surface area contributed by atoms with Gasteiger partial charge in [-0.2, -0.15) is 0 Å². The Morgan fingerprint density at radius 2 is 2.25 bits per heavy atom. The van der Waals surface area contributed by atoms with E-state index in [0.717, 1.165) is 13.2 Å². The molecule has 0 atom stereocenters. The normalized spacial score (nSPS) is 10.6. The van der Waals surface area contributed by atoms with Crippen LogP contribution >= 0.6 is 15.9 Å². The van der Waals surface area contributed by atoms with E-state index in [9.17, 15) is 18.4 Å². The number of halogens is 3. The molecule has 0 aliphatic carbocycles. The molecular formula is C9H8BrF2NO3. The Balaban J connectivity index is 3.15. The largest absolute Gasteiger partial charge is 0.469 e. The monoisotopic (exact) mass is 295 g/mol. The lowest BCUT2D eigenvalue weighted by molar-refractivity contribution is -0.139. The van der Waals surface area contributed by atoms with Gasteiger partial charge in [0.15, 0.2) is 0 Å². The highest BCUT2D eigenvalue weighted by Crippen LogP contribution is 2.25. The summed E-state index contributed by atoms with van der Waals surface area (Å²) < 4.78 is 29.2. The van der Waals surface area contributed by atoms with Crippen LogP contribution in [0, 0.1) is 0 Å². The van der Waals surface area contributed by atoms with Crippen molar-refractivity contribution in [2.24, 2.45) is 0 Å². The topological polar surface area (TPSA) is 59.2 Å². The predicted molar refractivity (Wildman–Crippen MR) is 55.4 cm³/mol. The number of hydrogen-bond acceptors (Lipinski definition) is 3. The van der Waals surface area contributed by atoms with Gasteiger partial charge in [-0.15, -0.1) is 0 Å². The van der Waals surface area contributed by atoms with Crippen molar-refractivity contribution in [3.8, 4) is 0 Å². The van der Waals surface area contributed by atoms with Gasteiger partial charge in [0.1, 0.15) is 0 Å². The predicted octanol–water partition coefficient (Wildman–Crippen LogP) is 1.79. The number of nitrogens with one attached hydrogen (secondary N) is 1. The standard InChI is InChI=1S/C9H8BrF2NO3/c1-16-6(14)3-4-2-5(8(11)12)7(10)13-9(4)15/h2,8H,3H2,1H3,(H,13,15). The number of aromatic amines is 1. The van der Waals surface area contributed by atoms with Crippen molar-refractivity contribution in [2.45, 2.75) is 12.8 Å². The summed E-state index contributed by atoms with van der Waals surface area (Å²) in [6.45, 7) is 0. The molecule has 1 N–H and O–H groups in total. The van der Waals surface area contributed by atoms with Gasteiger partial charge in [-0.25, -0.2) is 8.78 Å². The van der Waals surface area contributed by atoms with Gasteiger partial charge in [-0.05, 0) is 22.0 Å². The van der Waals surface area contributed by atoms with Crippen LogP contribution in [0.1, 0.15) is 17.6 Å². The molecule has 0 aliphatic rings. The molecule has 1 aromatic rings.